The van der Waals surface area contributed by atoms with Crippen LogP contribution in [0.3, 0.4) is 0 Å². The molecular formula is C12H22N3NaO10. The van der Waals surface area contributed by atoms with Gasteiger partial charge in [0, 0.05) is 13.1 Å². The molecule has 26 heavy (non-hydrogen) atoms. The number of rotatable bonds is 12. The molecule has 0 spiro atoms. The number of carbonyl (C=O) groups is 5. The molecule has 0 heterocycles. The first-order chi connectivity index (χ1) is 11.5. The Balaban J connectivity index is -0.000000772. The molecule has 0 aliphatic rings. The SMILES string of the molecule is NCC(=O)O.O=C(O)CN(CCN(CC(=O)O)CC(=O)O)CC(=O)O.[NaH]. The van der Waals surface area contributed by atoms with Gasteiger partial charge in [0.2, 0.25) is 0 Å². The Kier molecular flexibility index (Phi) is 18.6. The van der Waals surface area contributed by atoms with Gasteiger partial charge in [-0.3, -0.25) is 33.8 Å². The molecule has 0 aromatic carbocycles. The summed E-state index contributed by atoms with van der Waals surface area (Å²) in [5.41, 5.74) is 4.57. The van der Waals surface area contributed by atoms with Crippen LogP contribution in [0.25, 0.3) is 0 Å². The van der Waals surface area contributed by atoms with Crippen molar-refractivity contribution in [2.45, 2.75) is 0 Å². The molecule has 7 N–H and O–H groups in total. The summed E-state index contributed by atoms with van der Waals surface area (Å²) in [4.78, 5) is 53.6. The van der Waals surface area contributed by atoms with Crippen LogP contribution in [0.4, 0.5) is 0 Å². The van der Waals surface area contributed by atoms with E-state index in [4.69, 9.17) is 25.5 Å². The van der Waals surface area contributed by atoms with Crippen molar-refractivity contribution in [3.63, 3.8) is 0 Å². The van der Waals surface area contributed by atoms with E-state index >= 15 is 0 Å². The predicted molar refractivity (Wildman–Crippen MR) is 87.3 cm³/mol. The summed E-state index contributed by atoms with van der Waals surface area (Å²) in [5.74, 6) is -5.88. The van der Waals surface area contributed by atoms with Crippen molar-refractivity contribution in [2.24, 2.45) is 5.73 Å². The van der Waals surface area contributed by atoms with E-state index in [0.29, 0.717) is 0 Å². The van der Waals surface area contributed by atoms with E-state index in [1.807, 2.05) is 0 Å². The molecule has 0 aromatic heterocycles. The van der Waals surface area contributed by atoms with Crippen LogP contribution in [0.5, 0.6) is 0 Å². The van der Waals surface area contributed by atoms with Crippen molar-refractivity contribution in [1.29, 1.82) is 0 Å². The van der Waals surface area contributed by atoms with Crippen LogP contribution >= 0.6 is 0 Å². The standard InChI is InChI=1S/C10H16N2O8.C2H5NO2.Na.H/c13-7(14)3-11(4-8(15)16)1-2-12(5-9(17)18)6-10(19)20;3-1-2(4)5;;/h1-6H2,(H,13,14)(H,15,16)(H,17,18)(H,19,20);1,3H2,(H,4,5);;. The molecule has 0 amide bonds. The second kappa shape index (κ2) is 16.7. The second-order valence-corrected chi connectivity index (χ2v) is 4.59. The topological polar surface area (TPSA) is 219 Å². The maximum atomic E-state index is 10.6. The van der Waals surface area contributed by atoms with Crippen molar-refractivity contribution in [3.05, 3.63) is 0 Å². The number of aliphatic carboxylic acids is 5. The normalized spacial score (nSPS) is 9.65. The fourth-order valence-electron chi connectivity index (χ4n) is 1.48. The molecule has 14 heteroatoms. The number of carboxylic acids is 5. The third-order valence-corrected chi connectivity index (χ3v) is 2.34. The molecule has 0 rings (SSSR count). The van der Waals surface area contributed by atoms with Gasteiger partial charge in [0.05, 0.1) is 32.7 Å². The fraction of sp³-hybridized carbons (Fsp3) is 0.583. The summed E-state index contributed by atoms with van der Waals surface area (Å²) < 4.78 is 0. The summed E-state index contributed by atoms with van der Waals surface area (Å²) in [6, 6.07) is 0. The fourth-order valence-corrected chi connectivity index (χ4v) is 1.48. The van der Waals surface area contributed by atoms with Crippen LogP contribution in [0.15, 0.2) is 0 Å². The minimum atomic E-state index is -1.23. The van der Waals surface area contributed by atoms with Gasteiger partial charge in [-0.2, -0.15) is 0 Å². The predicted octanol–water partition coefficient (Wildman–Crippen LogP) is -3.69. The quantitative estimate of drug-likeness (QED) is 0.177. The van der Waals surface area contributed by atoms with Crippen LogP contribution in [0.1, 0.15) is 0 Å². The Morgan fingerprint density at radius 3 is 0.885 bits per heavy atom. The first kappa shape index (κ1) is 29.0. The monoisotopic (exact) mass is 391 g/mol. The third kappa shape index (κ3) is 22.2. The first-order valence-corrected chi connectivity index (χ1v) is 6.71. The summed E-state index contributed by atoms with van der Waals surface area (Å²) in [7, 11) is 0. The van der Waals surface area contributed by atoms with E-state index in [2.05, 4.69) is 5.73 Å². The van der Waals surface area contributed by atoms with E-state index in [1.165, 1.54) is 0 Å². The summed E-state index contributed by atoms with van der Waals surface area (Å²) >= 11 is 0. The van der Waals surface area contributed by atoms with Crippen molar-refractivity contribution >= 4 is 59.4 Å². The second-order valence-electron chi connectivity index (χ2n) is 4.59. The Morgan fingerprint density at radius 1 is 0.577 bits per heavy atom. The van der Waals surface area contributed by atoms with Gasteiger partial charge >= 0.3 is 59.4 Å². The minimum absolute atomic E-state index is 0. The maximum absolute atomic E-state index is 10.6. The zero-order valence-corrected chi connectivity index (χ0v) is 13.2. The molecule has 146 valence electrons. The van der Waals surface area contributed by atoms with Gasteiger partial charge in [0.1, 0.15) is 0 Å². The Hall–Kier alpha value is -1.77. The van der Waals surface area contributed by atoms with Gasteiger partial charge in [-0.1, -0.05) is 0 Å². The Labute approximate surface area is 170 Å². The molecule has 0 unspecified atom stereocenters. The molecule has 0 saturated heterocycles. The van der Waals surface area contributed by atoms with Gasteiger partial charge in [0.15, 0.2) is 0 Å². The molecule has 0 aromatic rings. The van der Waals surface area contributed by atoms with Crippen LogP contribution in [-0.4, -0.2) is 141 Å². The van der Waals surface area contributed by atoms with E-state index in [1.54, 1.807) is 0 Å². The average Bonchev–Trinajstić information content (AvgIpc) is 2.42. The van der Waals surface area contributed by atoms with E-state index < -0.39 is 56.0 Å². The van der Waals surface area contributed by atoms with Crippen LogP contribution in [0.2, 0.25) is 0 Å². The van der Waals surface area contributed by atoms with Crippen LogP contribution < -0.4 is 5.73 Å². The molecular weight excluding hydrogens is 369 g/mol. The number of hydrogen-bond donors (Lipinski definition) is 6. The van der Waals surface area contributed by atoms with Crippen molar-refractivity contribution in [1.82, 2.24) is 9.80 Å². The van der Waals surface area contributed by atoms with Gasteiger partial charge in [-0.15, -0.1) is 0 Å². The van der Waals surface area contributed by atoms with Crippen molar-refractivity contribution in [3.8, 4) is 0 Å². The molecule has 0 saturated carbocycles. The number of carboxylic acid groups (broad SMARTS) is 5. The molecule has 0 aliphatic carbocycles. The van der Waals surface area contributed by atoms with E-state index in [0.717, 1.165) is 9.80 Å². The molecule has 13 nitrogen and oxygen atoms in total. The van der Waals surface area contributed by atoms with Gasteiger partial charge in [-0.25, -0.2) is 0 Å². The number of hydrogen-bond acceptors (Lipinski definition) is 8. The molecule has 0 atom stereocenters. The Morgan fingerprint density at radius 2 is 0.769 bits per heavy atom. The molecule has 0 radical (unpaired) electrons. The summed E-state index contributed by atoms with van der Waals surface area (Å²) in [5, 5.41) is 42.1. The van der Waals surface area contributed by atoms with E-state index in [9.17, 15) is 24.0 Å². The van der Waals surface area contributed by atoms with E-state index in [-0.39, 0.29) is 49.2 Å². The first-order valence-electron chi connectivity index (χ1n) is 6.71. The van der Waals surface area contributed by atoms with Crippen LogP contribution in [0, 0.1) is 0 Å². The third-order valence-electron chi connectivity index (χ3n) is 2.34. The average molecular weight is 391 g/mol. The van der Waals surface area contributed by atoms with Gasteiger partial charge in [-0.05, 0) is 0 Å². The van der Waals surface area contributed by atoms with Crippen molar-refractivity contribution in [2.75, 3.05) is 45.8 Å². The zero-order chi connectivity index (χ0) is 20.0. The van der Waals surface area contributed by atoms with Crippen molar-refractivity contribution < 1.29 is 49.5 Å². The van der Waals surface area contributed by atoms with Gasteiger partial charge in [0.25, 0.3) is 0 Å². The molecule has 0 aliphatic heterocycles. The number of nitrogens with zero attached hydrogens (tertiary/aromatic N) is 2. The van der Waals surface area contributed by atoms with Gasteiger partial charge < -0.3 is 31.3 Å². The molecule has 0 bridgehead atoms. The number of nitrogens with two attached hydrogens (primary N) is 1. The summed E-state index contributed by atoms with van der Waals surface area (Å²) in [6.07, 6.45) is 0. The summed E-state index contributed by atoms with van der Waals surface area (Å²) in [6.45, 7) is -2.53. The Bertz CT molecular complexity index is 420. The van der Waals surface area contributed by atoms with Crippen LogP contribution in [-0.2, 0) is 24.0 Å². The molecule has 0 fully saturated rings. The zero-order valence-electron chi connectivity index (χ0n) is 13.2.